The fourth-order valence-corrected chi connectivity index (χ4v) is 1.65. The van der Waals surface area contributed by atoms with E-state index >= 15 is 0 Å². The zero-order valence-electron chi connectivity index (χ0n) is 10.4. The second-order valence-electron chi connectivity index (χ2n) is 4.16. The summed E-state index contributed by atoms with van der Waals surface area (Å²) >= 11 is 0. The molecule has 0 heterocycles. The van der Waals surface area contributed by atoms with Crippen molar-refractivity contribution in [3.05, 3.63) is 37.3 Å². The first-order valence-corrected chi connectivity index (χ1v) is 6.38. The van der Waals surface area contributed by atoms with Crippen molar-refractivity contribution in [2.24, 2.45) is 0 Å². The Kier molecular flexibility index (Phi) is 7.12. The molecule has 17 heavy (non-hydrogen) atoms. The lowest BCUT2D eigenvalue weighted by Crippen LogP contribution is -2.07. The van der Waals surface area contributed by atoms with Gasteiger partial charge >= 0.3 is 5.97 Å². The van der Waals surface area contributed by atoms with Crippen LogP contribution in [0.1, 0.15) is 44.9 Å². The van der Waals surface area contributed by atoms with Gasteiger partial charge in [0, 0.05) is 6.42 Å². The maximum atomic E-state index is 11.5. The average molecular weight is 233 g/mol. The van der Waals surface area contributed by atoms with Gasteiger partial charge in [-0.15, -0.1) is 0 Å². The molecule has 0 unspecified atom stereocenters. The van der Waals surface area contributed by atoms with Crippen LogP contribution in [-0.4, -0.2) is 5.97 Å². The molecular formula is C15H21O2. The summed E-state index contributed by atoms with van der Waals surface area (Å²) in [5.41, 5.74) is 0. The third kappa shape index (κ3) is 6.77. The van der Waals surface area contributed by atoms with E-state index in [0.29, 0.717) is 12.2 Å². The zero-order chi connectivity index (χ0) is 12.3. The van der Waals surface area contributed by atoms with E-state index in [9.17, 15) is 4.79 Å². The molecule has 0 atom stereocenters. The van der Waals surface area contributed by atoms with Crippen molar-refractivity contribution < 1.29 is 9.53 Å². The summed E-state index contributed by atoms with van der Waals surface area (Å²) in [4.78, 5) is 11.5. The lowest BCUT2D eigenvalue weighted by molar-refractivity contribution is -0.134. The molecular weight excluding hydrogens is 212 g/mol. The highest BCUT2D eigenvalue weighted by atomic mass is 16.5. The monoisotopic (exact) mass is 233 g/mol. The highest BCUT2D eigenvalue weighted by molar-refractivity contribution is 5.72. The SMILES string of the molecule is [CH2]CCCCCCCC(=O)Oc1ccccc1. The highest BCUT2D eigenvalue weighted by Crippen LogP contribution is 2.11. The summed E-state index contributed by atoms with van der Waals surface area (Å²) in [6, 6.07) is 9.22. The van der Waals surface area contributed by atoms with Crippen molar-refractivity contribution in [2.45, 2.75) is 44.9 Å². The molecule has 0 fully saturated rings. The second kappa shape index (κ2) is 8.80. The van der Waals surface area contributed by atoms with E-state index in [0.717, 1.165) is 19.3 Å². The van der Waals surface area contributed by atoms with Gasteiger partial charge in [-0.1, -0.05) is 57.2 Å². The summed E-state index contributed by atoms with van der Waals surface area (Å²) < 4.78 is 5.19. The van der Waals surface area contributed by atoms with Crippen molar-refractivity contribution in [3.8, 4) is 5.75 Å². The topological polar surface area (TPSA) is 26.3 Å². The van der Waals surface area contributed by atoms with E-state index in [1.807, 2.05) is 18.2 Å². The molecule has 1 radical (unpaired) electrons. The van der Waals surface area contributed by atoms with E-state index in [2.05, 4.69) is 6.92 Å². The molecule has 0 saturated carbocycles. The standard InChI is InChI=1S/C15H21O2/c1-2-3-4-5-6-10-13-15(16)17-14-11-8-7-9-12-14/h7-9,11-12H,1-6,10,13H2. The van der Waals surface area contributed by atoms with Gasteiger partial charge in [0.2, 0.25) is 0 Å². The van der Waals surface area contributed by atoms with Crippen LogP contribution in [0, 0.1) is 6.92 Å². The fourth-order valence-electron chi connectivity index (χ4n) is 1.65. The number of carbonyl (C=O) groups excluding carboxylic acids is 1. The number of carbonyl (C=O) groups is 1. The minimum absolute atomic E-state index is 0.131. The lowest BCUT2D eigenvalue weighted by Gasteiger charge is -2.03. The molecule has 1 aromatic carbocycles. The smallest absolute Gasteiger partial charge is 0.311 e. The molecule has 0 aliphatic carbocycles. The Bertz CT molecular complexity index is 306. The van der Waals surface area contributed by atoms with Crippen LogP contribution in [0.15, 0.2) is 30.3 Å². The first kappa shape index (κ1) is 13.8. The van der Waals surface area contributed by atoms with Crippen molar-refractivity contribution in [1.29, 1.82) is 0 Å². The van der Waals surface area contributed by atoms with E-state index in [1.54, 1.807) is 12.1 Å². The number of unbranched alkanes of at least 4 members (excludes halogenated alkanes) is 5. The van der Waals surface area contributed by atoms with Gasteiger partial charge in [0.15, 0.2) is 0 Å². The van der Waals surface area contributed by atoms with Crippen LogP contribution >= 0.6 is 0 Å². The molecule has 2 nitrogen and oxygen atoms in total. The second-order valence-corrected chi connectivity index (χ2v) is 4.16. The van der Waals surface area contributed by atoms with Crippen LogP contribution in [0.3, 0.4) is 0 Å². The van der Waals surface area contributed by atoms with E-state index < -0.39 is 0 Å². The van der Waals surface area contributed by atoms with E-state index in [1.165, 1.54) is 19.3 Å². The molecule has 0 N–H and O–H groups in total. The first-order valence-electron chi connectivity index (χ1n) is 6.38. The maximum absolute atomic E-state index is 11.5. The molecule has 0 saturated heterocycles. The molecule has 0 spiro atoms. The van der Waals surface area contributed by atoms with Crippen LogP contribution in [0.25, 0.3) is 0 Å². The minimum atomic E-state index is -0.131. The summed E-state index contributed by atoms with van der Waals surface area (Å²) in [5, 5.41) is 0. The van der Waals surface area contributed by atoms with E-state index in [-0.39, 0.29) is 5.97 Å². The van der Waals surface area contributed by atoms with Gasteiger partial charge in [-0.2, -0.15) is 0 Å². The number of ether oxygens (including phenoxy) is 1. The van der Waals surface area contributed by atoms with Crippen LogP contribution in [-0.2, 0) is 4.79 Å². The first-order chi connectivity index (χ1) is 8.33. The number of para-hydroxylation sites is 1. The van der Waals surface area contributed by atoms with Gasteiger partial charge in [-0.25, -0.2) is 0 Å². The Morgan fingerprint density at radius 2 is 1.65 bits per heavy atom. The molecule has 1 aromatic rings. The predicted molar refractivity (Wildman–Crippen MR) is 69.8 cm³/mol. The fraction of sp³-hybridized carbons (Fsp3) is 0.467. The quantitative estimate of drug-likeness (QED) is 0.383. The molecule has 0 aromatic heterocycles. The molecule has 2 heteroatoms. The third-order valence-corrected chi connectivity index (χ3v) is 2.61. The van der Waals surface area contributed by atoms with Crippen molar-refractivity contribution in [3.63, 3.8) is 0 Å². The van der Waals surface area contributed by atoms with Crippen molar-refractivity contribution in [2.75, 3.05) is 0 Å². The maximum Gasteiger partial charge on any atom is 0.311 e. The van der Waals surface area contributed by atoms with Gasteiger partial charge in [-0.05, 0) is 18.6 Å². The van der Waals surface area contributed by atoms with Gasteiger partial charge in [0.05, 0.1) is 0 Å². The van der Waals surface area contributed by atoms with E-state index in [4.69, 9.17) is 4.74 Å². The van der Waals surface area contributed by atoms with Crippen LogP contribution < -0.4 is 4.74 Å². The lowest BCUT2D eigenvalue weighted by atomic mass is 10.1. The average Bonchev–Trinajstić information content (AvgIpc) is 2.35. The largest absolute Gasteiger partial charge is 0.427 e. The summed E-state index contributed by atoms with van der Waals surface area (Å²) in [6.45, 7) is 3.80. The zero-order valence-corrected chi connectivity index (χ0v) is 10.4. The minimum Gasteiger partial charge on any atom is -0.427 e. The summed E-state index contributed by atoms with van der Waals surface area (Å²) in [5.74, 6) is 0.503. The van der Waals surface area contributed by atoms with Crippen LogP contribution in [0.5, 0.6) is 5.75 Å². The number of esters is 1. The Hall–Kier alpha value is -1.31. The normalized spacial score (nSPS) is 10.2. The summed E-state index contributed by atoms with van der Waals surface area (Å²) in [7, 11) is 0. The predicted octanol–water partition coefficient (Wildman–Crippen LogP) is 4.16. The number of rotatable bonds is 8. The number of hydrogen-bond donors (Lipinski definition) is 0. The molecule has 1 rings (SSSR count). The number of benzene rings is 1. The molecule has 0 amide bonds. The van der Waals surface area contributed by atoms with Crippen molar-refractivity contribution >= 4 is 5.97 Å². The molecule has 93 valence electrons. The van der Waals surface area contributed by atoms with Gasteiger partial charge < -0.3 is 4.74 Å². The number of hydrogen-bond acceptors (Lipinski definition) is 2. The molecule has 0 bridgehead atoms. The Balaban J connectivity index is 2.06. The Morgan fingerprint density at radius 3 is 2.35 bits per heavy atom. The Morgan fingerprint density at radius 1 is 1.00 bits per heavy atom. The Labute approximate surface area is 104 Å². The van der Waals surface area contributed by atoms with Gasteiger partial charge in [0.25, 0.3) is 0 Å². The molecule has 0 aliphatic heterocycles. The highest BCUT2D eigenvalue weighted by Gasteiger charge is 2.03. The van der Waals surface area contributed by atoms with Crippen LogP contribution in [0.4, 0.5) is 0 Å². The summed E-state index contributed by atoms with van der Waals surface area (Å²) in [6.07, 6.45) is 7.14. The van der Waals surface area contributed by atoms with Crippen molar-refractivity contribution in [1.82, 2.24) is 0 Å². The van der Waals surface area contributed by atoms with Gasteiger partial charge in [-0.3, -0.25) is 4.79 Å². The van der Waals surface area contributed by atoms with Crippen LogP contribution in [0.2, 0.25) is 0 Å². The third-order valence-electron chi connectivity index (χ3n) is 2.61. The van der Waals surface area contributed by atoms with Gasteiger partial charge in [0.1, 0.15) is 5.75 Å². The molecule has 0 aliphatic rings.